The van der Waals surface area contributed by atoms with Crippen LogP contribution in [0.5, 0.6) is 0 Å². The number of carboxylic acid groups (broad SMARTS) is 2. The van der Waals surface area contributed by atoms with Crippen LogP contribution in [0.2, 0.25) is 0 Å². The molecule has 2 amide bonds. The van der Waals surface area contributed by atoms with Gasteiger partial charge in [-0.1, -0.05) is 108 Å². The second-order valence-electron chi connectivity index (χ2n) is 16.9. The van der Waals surface area contributed by atoms with Crippen molar-refractivity contribution in [1.29, 1.82) is 0 Å². The number of aromatic nitrogens is 2. The van der Waals surface area contributed by atoms with E-state index in [1.54, 1.807) is 42.5 Å². The van der Waals surface area contributed by atoms with Crippen molar-refractivity contribution in [2.45, 2.75) is 24.7 Å². The predicted octanol–water partition coefficient (Wildman–Crippen LogP) is 20.2. The summed E-state index contributed by atoms with van der Waals surface area (Å²) < 4.78 is 165. The first-order valence-corrected chi connectivity index (χ1v) is 31.1. The molecule has 0 unspecified atom stereocenters. The van der Waals surface area contributed by atoms with E-state index in [0.29, 0.717) is 29.0 Å². The van der Waals surface area contributed by atoms with E-state index in [4.69, 9.17) is 10.2 Å². The van der Waals surface area contributed by atoms with Crippen molar-refractivity contribution < 1.29 is 101 Å². The fourth-order valence-electron chi connectivity index (χ4n) is 6.55. The van der Waals surface area contributed by atoms with Crippen LogP contribution in [0.1, 0.15) is 84.4 Å². The molecule has 0 aliphatic carbocycles. The lowest BCUT2D eigenvalue weighted by Crippen LogP contribution is -2.19. The third kappa shape index (κ3) is 26.4. The number of methoxy groups -OCH3 is 2. The average Bonchev–Trinajstić information content (AvgIpc) is 0.861. The molecule has 4 N–H and O–H groups in total. The lowest BCUT2D eigenvalue weighted by Gasteiger charge is -2.13. The highest BCUT2D eigenvalue weighted by molar-refractivity contribution is 14.1. The molecule has 8 aromatic rings. The fourth-order valence-corrected chi connectivity index (χ4v) is 9.84. The molecule has 0 atom stereocenters. The molecule has 0 spiro atoms. The average molecular weight is 1910 g/mol. The maximum atomic E-state index is 12.9. The molecule has 2 aromatic heterocycles. The van der Waals surface area contributed by atoms with E-state index in [1.165, 1.54) is 49.8 Å². The minimum Gasteiger partial charge on any atom is -0.478 e. The van der Waals surface area contributed by atoms with Crippen LogP contribution in [0.15, 0.2) is 185 Å². The number of anilines is 2. The van der Waals surface area contributed by atoms with E-state index < -0.39 is 98.9 Å². The number of carbonyl (C=O) groups is 6. The second-order valence-corrected chi connectivity index (χ2v) is 24.7. The zero-order valence-corrected chi connectivity index (χ0v) is 59.5. The molecule has 0 fully saturated rings. The number of amides is 2. The van der Waals surface area contributed by atoms with Gasteiger partial charge in [-0.3, -0.25) is 9.59 Å². The quantitative estimate of drug-likeness (QED) is 0.0636. The smallest absolute Gasteiger partial charge is 0.417 e. The Balaban J connectivity index is 0.000000292. The van der Waals surface area contributed by atoms with Crippen LogP contribution in [0.25, 0.3) is 0 Å². The number of nitrogens with one attached hydrogen (secondary N) is 2. The number of hydrogen-bond acceptors (Lipinski definition) is 10. The highest BCUT2D eigenvalue weighted by Gasteiger charge is 2.38. The zero-order valence-electron chi connectivity index (χ0n) is 45.6. The molecule has 8 rings (SSSR count). The number of aromatic carboxylic acids is 2. The number of hydrogen-bond donors (Lipinski definition) is 4. The van der Waals surface area contributed by atoms with Gasteiger partial charge in [0.05, 0.1) is 69.9 Å². The Morgan fingerprint density at radius 1 is 0.380 bits per heavy atom. The molecule has 6 aromatic carbocycles. The first kappa shape index (κ1) is 80.2. The topological polar surface area (TPSA) is 211 Å². The van der Waals surface area contributed by atoms with Crippen LogP contribution < -0.4 is 10.6 Å². The normalized spacial score (nSPS) is 10.8. The van der Waals surface area contributed by atoms with E-state index in [0.717, 1.165) is 77.8 Å². The van der Waals surface area contributed by atoms with Crippen LogP contribution in [0, 0.1) is 7.14 Å². The molecule has 0 aliphatic rings. The lowest BCUT2D eigenvalue weighted by molar-refractivity contribution is -0.138. The summed E-state index contributed by atoms with van der Waals surface area (Å²) in [5, 5.41) is 21.9. The van der Waals surface area contributed by atoms with Gasteiger partial charge in [-0.25, -0.2) is 29.1 Å². The molecule has 0 saturated heterocycles. The number of nitrogens with zero attached hydrogens (tertiary/aromatic N) is 2. The molecular formula is C58H36Br6F12I2N4O10. The molecule has 0 radical (unpaired) electrons. The molecule has 92 heavy (non-hydrogen) atoms. The predicted molar refractivity (Wildman–Crippen MR) is 351 cm³/mol. The van der Waals surface area contributed by atoms with Crippen molar-refractivity contribution in [3.05, 3.63) is 248 Å². The van der Waals surface area contributed by atoms with E-state index in [-0.39, 0.29) is 17.6 Å². The molecule has 2 heterocycles. The van der Waals surface area contributed by atoms with Gasteiger partial charge in [0.1, 0.15) is 11.6 Å². The van der Waals surface area contributed by atoms with Gasteiger partial charge in [0.25, 0.3) is 11.8 Å². The van der Waals surface area contributed by atoms with Gasteiger partial charge < -0.3 is 30.3 Å². The third-order valence-corrected chi connectivity index (χ3v) is 15.4. The van der Waals surface area contributed by atoms with Gasteiger partial charge >= 0.3 is 48.6 Å². The van der Waals surface area contributed by atoms with Gasteiger partial charge in [0.2, 0.25) is 0 Å². The molecular weight excluding hydrogens is 1870 g/mol. The number of esters is 2. The molecule has 0 bridgehead atoms. The summed E-state index contributed by atoms with van der Waals surface area (Å²) in [6, 6.07) is 32.5. The van der Waals surface area contributed by atoms with Crippen LogP contribution in [0.3, 0.4) is 0 Å². The molecule has 34 heteroatoms. The summed E-state index contributed by atoms with van der Waals surface area (Å²) in [7, 11) is 2.41. The SMILES string of the molecule is COC(=O)c1cc(Br)ccc1C(F)(F)F.COC(=O)c1cc(Br)ccc1I.O=C(Nc1ccccn1)c1cc(Br)ccc1C(F)(F)F.O=C(Nc1ccccn1)c1cc(Br)ccc1C(F)(F)F.O=C(O)c1cc(Br)ccc1C(F)(F)F.O=C(O)c1cc(Br)ccc1I. The van der Waals surface area contributed by atoms with E-state index in [1.807, 2.05) is 40.8 Å². The van der Waals surface area contributed by atoms with Gasteiger partial charge in [0, 0.05) is 46.4 Å². The van der Waals surface area contributed by atoms with Gasteiger partial charge in [-0.15, -0.1) is 0 Å². The fraction of sp³-hybridized carbons (Fsp3) is 0.103. The largest absolute Gasteiger partial charge is 0.478 e. The van der Waals surface area contributed by atoms with Gasteiger partial charge in [0.15, 0.2) is 0 Å². The maximum Gasteiger partial charge on any atom is 0.417 e. The van der Waals surface area contributed by atoms with Crippen LogP contribution >= 0.6 is 141 Å². The Labute approximate surface area is 590 Å². The van der Waals surface area contributed by atoms with Crippen LogP contribution in [0.4, 0.5) is 64.3 Å². The lowest BCUT2D eigenvalue weighted by atomic mass is 10.1. The van der Waals surface area contributed by atoms with Crippen molar-refractivity contribution in [2.24, 2.45) is 0 Å². The zero-order chi connectivity index (χ0) is 69.6. The van der Waals surface area contributed by atoms with E-state index >= 15 is 0 Å². The van der Waals surface area contributed by atoms with Crippen molar-refractivity contribution in [3.63, 3.8) is 0 Å². The Hall–Kier alpha value is -6.06. The summed E-state index contributed by atoms with van der Waals surface area (Å²) in [5.74, 6) is -5.16. The molecule has 14 nitrogen and oxygen atoms in total. The number of rotatable bonds is 8. The minimum absolute atomic E-state index is 0.186. The van der Waals surface area contributed by atoms with Gasteiger partial charge in [-0.2, -0.15) is 52.7 Å². The number of carboxylic acids is 2. The number of halogens is 20. The Bertz CT molecular complexity index is 3800. The third-order valence-electron chi connectivity index (χ3n) is 10.6. The van der Waals surface area contributed by atoms with E-state index in [2.05, 4.69) is 148 Å². The van der Waals surface area contributed by atoms with Crippen LogP contribution in [-0.2, 0) is 34.2 Å². The first-order chi connectivity index (χ1) is 42.7. The van der Waals surface area contributed by atoms with Crippen molar-refractivity contribution in [2.75, 3.05) is 24.9 Å². The summed E-state index contributed by atoms with van der Waals surface area (Å²) >= 11 is 22.6. The van der Waals surface area contributed by atoms with Crippen molar-refractivity contribution in [1.82, 2.24) is 9.97 Å². The summed E-state index contributed by atoms with van der Waals surface area (Å²) in [5.41, 5.74) is -5.39. The summed E-state index contributed by atoms with van der Waals surface area (Å²) in [6.07, 6.45) is -15.5. The van der Waals surface area contributed by atoms with E-state index in [9.17, 15) is 81.5 Å². The van der Waals surface area contributed by atoms with Gasteiger partial charge in [-0.05, 0) is 179 Å². The second kappa shape index (κ2) is 36.6. The highest BCUT2D eigenvalue weighted by atomic mass is 127. The standard InChI is InChI=1S/2C13H8BrF3N2O.C9H6BrF3O2.C8H4BrF3O2.C8H6BrIO2.C7H4BrIO2/c2*14-8-4-5-10(13(15,16)17)9(7-8)12(20)19-11-3-1-2-6-18-11;1-15-8(14)6-4-5(10)2-3-7(6)9(11,12)13;9-4-1-2-6(8(10,11)12)5(3-4)7(13)14;1-12-8(11)6-4-5(9)2-3-7(6)10;8-4-1-2-6(9)5(3-4)7(10)11/h2*1-7H,(H,18,19,20);2-4H,1H3;1-3H,(H,13,14);2-4H,1H3;1-3H,(H,10,11). The number of pyridine rings is 2. The number of carbonyl (C=O) groups excluding carboxylic acids is 4. The molecule has 0 saturated carbocycles. The van der Waals surface area contributed by atoms with Crippen molar-refractivity contribution >= 4 is 188 Å². The maximum absolute atomic E-state index is 12.9. The minimum atomic E-state index is -4.64. The Morgan fingerprint density at radius 3 is 0.935 bits per heavy atom. The monoisotopic (exact) mass is 1900 g/mol. The molecule has 0 aliphatic heterocycles. The summed E-state index contributed by atoms with van der Waals surface area (Å²) in [6.45, 7) is 0. The number of benzene rings is 6. The highest BCUT2D eigenvalue weighted by Crippen LogP contribution is 2.37. The number of ether oxygens (including phenoxy) is 2. The molecule has 488 valence electrons. The Morgan fingerprint density at radius 2 is 0.641 bits per heavy atom. The summed E-state index contributed by atoms with van der Waals surface area (Å²) in [4.78, 5) is 74.9. The van der Waals surface area contributed by atoms with Crippen LogP contribution in [-0.4, -0.2) is 70.1 Å². The number of alkyl halides is 12. The van der Waals surface area contributed by atoms with Crippen molar-refractivity contribution in [3.8, 4) is 0 Å². The Kier molecular flexibility index (Phi) is 31.9. The first-order valence-electron chi connectivity index (χ1n) is 24.1.